The molecule has 0 radical (unpaired) electrons. The SMILES string of the molecule is CC1(C)CC1(CO)c1cc(F)ccn1. The second-order valence-electron chi connectivity index (χ2n) is 4.66. The van der Waals surface area contributed by atoms with Crippen LogP contribution in [0.15, 0.2) is 18.3 Å². The summed E-state index contributed by atoms with van der Waals surface area (Å²) in [5, 5.41) is 9.37. The molecule has 1 fully saturated rings. The molecule has 0 saturated heterocycles. The lowest BCUT2D eigenvalue weighted by atomic mass is 9.92. The van der Waals surface area contributed by atoms with Gasteiger partial charge in [0, 0.05) is 11.6 Å². The van der Waals surface area contributed by atoms with Gasteiger partial charge in [-0.05, 0) is 24.0 Å². The highest BCUT2D eigenvalue weighted by Gasteiger charge is 2.62. The van der Waals surface area contributed by atoms with E-state index in [0.29, 0.717) is 5.69 Å². The highest BCUT2D eigenvalue weighted by atomic mass is 19.1. The Labute approximate surface area is 82.8 Å². The van der Waals surface area contributed by atoms with Crippen molar-refractivity contribution in [2.75, 3.05) is 6.61 Å². The maximum Gasteiger partial charge on any atom is 0.126 e. The molecule has 2 nitrogen and oxygen atoms in total. The smallest absolute Gasteiger partial charge is 0.126 e. The molecule has 1 atom stereocenters. The van der Waals surface area contributed by atoms with Gasteiger partial charge in [-0.25, -0.2) is 4.39 Å². The maximum absolute atomic E-state index is 13.0. The van der Waals surface area contributed by atoms with Crippen LogP contribution in [0.3, 0.4) is 0 Å². The normalized spacial score (nSPS) is 28.9. The minimum absolute atomic E-state index is 0.0303. The van der Waals surface area contributed by atoms with Crippen molar-refractivity contribution in [3.63, 3.8) is 0 Å². The molecule has 0 bridgehead atoms. The number of hydrogen-bond donors (Lipinski definition) is 1. The Morgan fingerprint density at radius 2 is 2.21 bits per heavy atom. The second-order valence-corrected chi connectivity index (χ2v) is 4.66. The molecule has 1 aromatic heterocycles. The molecular formula is C11H14FNO. The van der Waals surface area contributed by atoms with E-state index in [1.165, 1.54) is 18.3 Å². The van der Waals surface area contributed by atoms with Gasteiger partial charge >= 0.3 is 0 Å². The number of rotatable bonds is 2. The molecule has 2 rings (SSSR count). The van der Waals surface area contributed by atoms with Crippen molar-refractivity contribution >= 4 is 0 Å². The van der Waals surface area contributed by atoms with E-state index in [9.17, 15) is 9.50 Å². The monoisotopic (exact) mass is 195 g/mol. The van der Waals surface area contributed by atoms with E-state index in [1.54, 1.807) is 0 Å². The Morgan fingerprint density at radius 3 is 2.64 bits per heavy atom. The first-order valence-corrected chi connectivity index (χ1v) is 4.75. The van der Waals surface area contributed by atoms with Crippen LogP contribution in [0.5, 0.6) is 0 Å². The van der Waals surface area contributed by atoms with Crippen molar-refractivity contribution in [1.82, 2.24) is 4.98 Å². The lowest BCUT2D eigenvalue weighted by Crippen LogP contribution is -2.20. The largest absolute Gasteiger partial charge is 0.395 e. The highest BCUT2D eigenvalue weighted by Crippen LogP contribution is 2.63. The van der Waals surface area contributed by atoms with E-state index in [-0.39, 0.29) is 23.3 Å². The Hall–Kier alpha value is -0.960. The van der Waals surface area contributed by atoms with Crippen LogP contribution in [0.4, 0.5) is 4.39 Å². The number of pyridine rings is 1. The van der Waals surface area contributed by atoms with Crippen LogP contribution in [0, 0.1) is 11.2 Å². The van der Waals surface area contributed by atoms with Gasteiger partial charge < -0.3 is 5.11 Å². The van der Waals surface area contributed by atoms with E-state index < -0.39 is 0 Å². The number of halogens is 1. The van der Waals surface area contributed by atoms with Gasteiger partial charge in [-0.2, -0.15) is 0 Å². The predicted molar refractivity (Wildman–Crippen MR) is 51.4 cm³/mol. The summed E-state index contributed by atoms with van der Waals surface area (Å²) >= 11 is 0. The minimum Gasteiger partial charge on any atom is -0.395 e. The average Bonchev–Trinajstić information content (AvgIpc) is 2.70. The van der Waals surface area contributed by atoms with Crippen LogP contribution >= 0.6 is 0 Å². The molecule has 14 heavy (non-hydrogen) atoms. The molecule has 0 aliphatic heterocycles. The van der Waals surface area contributed by atoms with Gasteiger partial charge in [-0.1, -0.05) is 13.8 Å². The molecule has 1 saturated carbocycles. The van der Waals surface area contributed by atoms with E-state index >= 15 is 0 Å². The van der Waals surface area contributed by atoms with Gasteiger partial charge in [-0.15, -0.1) is 0 Å². The van der Waals surface area contributed by atoms with Crippen LogP contribution in [-0.2, 0) is 5.41 Å². The third-order valence-electron chi connectivity index (χ3n) is 3.40. The third-order valence-corrected chi connectivity index (χ3v) is 3.40. The molecule has 1 unspecified atom stereocenters. The molecule has 3 heteroatoms. The van der Waals surface area contributed by atoms with Gasteiger partial charge in [-0.3, -0.25) is 4.98 Å². The Bertz CT molecular complexity index is 364. The molecule has 0 amide bonds. The first kappa shape index (κ1) is 9.59. The molecular weight excluding hydrogens is 181 g/mol. The first-order valence-electron chi connectivity index (χ1n) is 4.75. The van der Waals surface area contributed by atoms with Crippen molar-refractivity contribution in [1.29, 1.82) is 0 Å². The highest BCUT2D eigenvalue weighted by molar-refractivity contribution is 5.32. The van der Waals surface area contributed by atoms with E-state index in [1.807, 2.05) is 0 Å². The van der Waals surface area contributed by atoms with E-state index in [2.05, 4.69) is 18.8 Å². The summed E-state index contributed by atoms with van der Waals surface area (Å²) in [6.07, 6.45) is 2.32. The van der Waals surface area contributed by atoms with Crippen LogP contribution in [0.2, 0.25) is 0 Å². The molecule has 76 valence electrons. The maximum atomic E-state index is 13.0. The number of aliphatic hydroxyl groups is 1. The molecule has 1 N–H and O–H groups in total. The van der Waals surface area contributed by atoms with Crippen LogP contribution < -0.4 is 0 Å². The standard InChI is InChI=1S/C11H14FNO/c1-10(2)6-11(10,7-14)9-5-8(12)3-4-13-9/h3-5,14H,6-7H2,1-2H3. The fraction of sp³-hybridized carbons (Fsp3) is 0.545. The quantitative estimate of drug-likeness (QED) is 0.781. The zero-order chi connectivity index (χ0) is 10.4. The van der Waals surface area contributed by atoms with Gasteiger partial charge in [0.05, 0.1) is 12.3 Å². The summed E-state index contributed by atoms with van der Waals surface area (Å²) in [5.41, 5.74) is 0.377. The predicted octanol–water partition coefficient (Wildman–Crippen LogP) is 1.88. The molecule has 1 aliphatic rings. The average molecular weight is 195 g/mol. The van der Waals surface area contributed by atoms with Crippen molar-refractivity contribution in [2.24, 2.45) is 5.41 Å². The molecule has 0 spiro atoms. The van der Waals surface area contributed by atoms with Gasteiger partial charge in [0.25, 0.3) is 0 Å². The number of hydrogen-bond acceptors (Lipinski definition) is 2. The Balaban J connectivity index is 2.40. The van der Waals surface area contributed by atoms with Crippen molar-refractivity contribution < 1.29 is 9.50 Å². The zero-order valence-corrected chi connectivity index (χ0v) is 8.42. The lowest BCUT2D eigenvalue weighted by Gasteiger charge is -2.16. The fourth-order valence-corrected chi connectivity index (χ4v) is 2.16. The molecule has 0 aromatic carbocycles. The minimum atomic E-state index is -0.324. The summed E-state index contributed by atoms with van der Waals surface area (Å²) < 4.78 is 13.0. The second kappa shape index (κ2) is 2.76. The van der Waals surface area contributed by atoms with Crippen LogP contribution in [0.1, 0.15) is 26.0 Å². The summed E-state index contributed by atoms with van der Waals surface area (Å²) in [6, 6.07) is 2.74. The Morgan fingerprint density at radius 1 is 1.57 bits per heavy atom. The number of nitrogens with zero attached hydrogens (tertiary/aromatic N) is 1. The molecule has 1 aromatic rings. The zero-order valence-electron chi connectivity index (χ0n) is 8.42. The first-order chi connectivity index (χ1) is 6.52. The topological polar surface area (TPSA) is 33.1 Å². The molecule has 1 aliphatic carbocycles. The van der Waals surface area contributed by atoms with Crippen LogP contribution in [-0.4, -0.2) is 16.7 Å². The van der Waals surface area contributed by atoms with Crippen molar-refractivity contribution in [2.45, 2.75) is 25.7 Å². The van der Waals surface area contributed by atoms with Gasteiger partial charge in [0.2, 0.25) is 0 Å². The number of aliphatic hydroxyl groups excluding tert-OH is 1. The van der Waals surface area contributed by atoms with Crippen molar-refractivity contribution in [3.05, 3.63) is 29.8 Å². The van der Waals surface area contributed by atoms with Crippen molar-refractivity contribution in [3.8, 4) is 0 Å². The van der Waals surface area contributed by atoms with E-state index in [0.717, 1.165) is 6.42 Å². The van der Waals surface area contributed by atoms with E-state index in [4.69, 9.17) is 0 Å². The van der Waals surface area contributed by atoms with Gasteiger partial charge in [0.15, 0.2) is 0 Å². The Kier molecular flexibility index (Phi) is 1.89. The van der Waals surface area contributed by atoms with Crippen LogP contribution in [0.25, 0.3) is 0 Å². The molecule has 1 heterocycles. The summed E-state index contributed by atoms with van der Waals surface area (Å²) in [6.45, 7) is 4.17. The summed E-state index contributed by atoms with van der Waals surface area (Å²) in [5.74, 6) is -0.287. The summed E-state index contributed by atoms with van der Waals surface area (Å²) in [4.78, 5) is 4.14. The lowest BCUT2D eigenvalue weighted by molar-refractivity contribution is 0.228. The van der Waals surface area contributed by atoms with Gasteiger partial charge in [0.1, 0.15) is 5.82 Å². The third kappa shape index (κ3) is 1.16. The summed E-state index contributed by atoms with van der Waals surface area (Å²) in [7, 11) is 0. The fourth-order valence-electron chi connectivity index (χ4n) is 2.16. The number of aromatic nitrogens is 1.